The number of hydrogen-bond acceptors (Lipinski definition) is 1. The molecule has 0 saturated heterocycles. The Balaban J connectivity index is 2.56. The summed E-state index contributed by atoms with van der Waals surface area (Å²) in [5.41, 5.74) is 1.41. The van der Waals surface area contributed by atoms with E-state index in [2.05, 4.69) is 5.32 Å². The summed E-state index contributed by atoms with van der Waals surface area (Å²) in [6.45, 7) is 2.67. The quantitative estimate of drug-likeness (QED) is 0.650. The third-order valence-corrected chi connectivity index (χ3v) is 2.49. The first-order valence-electron chi connectivity index (χ1n) is 4.39. The standard InChI is InChI=1S/C10H11F2N/c1-6-9-4-7(11)5-10(12)8(9)2-3-13-6/h4-6,13H,2-3H2,1H3/t6-/m1/s1. The molecule has 0 amide bonds. The molecule has 0 bridgehead atoms. The van der Waals surface area contributed by atoms with E-state index in [4.69, 9.17) is 0 Å². The molecule has 13 heavy (non-hydrogen) atoms. The molecule has 1 heterocycles. The summed E-state index contributed by atoms with van der Waals surface area (Å²) in [7, 11) is 0. The maximum Gasteiger partial charge on any atom is 0.129 e. The number of hydrogen-bond donors (Lipinski definition) is 1. The highest BCUT2D eigenvalue weighted by Crippen LogP contribution is 2.25. The van der Waals surface area contributed by atoms with Gasteiger partial charge in [0, 0.05) is 12.1 Å². The van der Waals surface area contributed by atoms with Crippen molar-refractivity contribution in [3.8, 4) is 0 Å². The van der Waals surface area contributed by atoms with Crippen LogP contribution in [0.1, 0.15) is 24.1 Å². The Labute approximate surface area is 75.8 Å². The normalized spacial score (nSPS) is 21.3. The first-order chi connectivity index (χ1) is 6.18. The van der Waals surface area contributed by atoms with Gasteiger partial charge < -0.3 is 5.32 Å². The zero-order valence-electron chi connectivity index (χ0n) is 7.40. The summed E-state index contributed by atoms with van der Waals surface area (Å²) in [6, 6.07) is 2.42. The zero-order chi connectivity index (χ0) is 9.42. The average Bonchev–Trinajstić information content (AvgIpc) is 2.07. The second-order valence-corrected chi connectivity index (χ2v) is 3.38. The van der Waals surface area contributed by atoms with Crippen LogP contribution in [0.2, 0.25) is 0 Å². The fraction of sp³-hybridized carbons (Fsp3) is 0.400. The molecule has 0 spiro atoms. The van der Waals surface area contributed by atoms with Crippen molar-refractivity contribution in [3.05, 3.63) is 34.9 Å². The lowest BCUT2D eigenvalue weighted by atomic mass is 9.95. The predicted molar refractivity (Wildman–Crippen MR) is 46.5 cm³/mol. The van der Waals surface area contributed by atoms with Crippen molar-refractivity contribution in [1.82, 2.24) is 5.32 Å². The summed E-state index contributed by atoms with van der Waals surface area (Å²) in [6.07, 6.45) is 0.645. The molecule has 0 saturated carbocycles. The maximum atomic E-state index is 13.2. The summed E-state index contributed by atoms with van der Waals surface area (Å²) < 4.78 is 26.1. The van der Waals surface area contributed by atoms with Crippen LogP contribution in [-0.4, -0.2) is 6.54 Å². The fourth-order valence-corrected chi connectivity index (χ4v) is 1.80. The molecule has 0 aliphatic carbocycles. The van der Waals surface area contributed by atoms with Gasteiger partial charge in [-0.05, 0) is 37.1 Å². The highest BCUT2D eigenvalue weighted by Gasteiger charge is 2.19. The van der Waals surface area contributed by atoms with Gasteiger partial charge in [0.1, 0.15) is 11.6 Å². The number of fused-ring (bicyclic) bond motifs is 1. The number of nitrogens with one attached hydrogen (secondary N) is 1. The zero-order valence-corrected chi connectivity index (χ0v) is 7.40. The summed E-state index contributed by atoms with van der Waals surface area (Å²) in [4.78, 5) is 0. The first kappa shape index (κ1) is 8.63. The average molecular weight is 183 g/mol. The lowest BCUT2D eigenvalue weighted by molar-refractivity contribution is 0.499. The molecule has 1 aliphatic rings. The molecule has 0 unspecified atom stereocenters. The van der Waals surface area contributed by atoms with Gasteiger partial charge in [-0.1, -0.05) is 0 Å². The molecule has 1 nitrogen and oxygen atoms in total. The van der Waals surface area contributed by atoms with E-state index in [-0.39, 0.29) is 6.04 Å². The van der Waals surface area contributed by atoms with Crippen LogP contribution < -0.4 is 5.32 Å². The van der Waals surface area contributed by atoms with E-state index >= 15 is 0 Å². The van der Waals surface area contributed by atoms with Crippen LogP contribution in [0.3, 0.4) is 0 Å². The van der Waals surface area contributed by atoms with E-state index in [9.17, 15) is 8.78 Å². The molecule has 1 atom stereocenters. The summed E-state index contributed by atoms with van der Waals surface area (Å²) >= 11 is 0. The van der Waals surface area contributed by atoms with Crippen molar-refractivity contribution in [1.29, 1.82) is 0 Å². The van der Waals surface area contributed by atoms with Crippen LogP contribution in [0.25, 0.3) is 0 Å². The van der Waals surface area contributed by atoms with Crippen molar-refractivity contribution in [2.45, 2.75) is 19.4 Å². The number of halogens is 2. The van der Waals surface area contributed by atoms with Crippen LogP contribution in [0.5, 0.6) is 0 Å². The third kappa shape index (κ3) is 1.44. The van der Waals surface area contributed by atoms with Gasteiger partial charge in [-0.25, -0.2) is 8.78 Å². The predicted octanol–water partition coefficient (Wildman–Crippen LogP) is 2.17. The molecular formula is C10H11F2N. The Morgan fingerprint density at radius 3 is 2.92 bits per heavy atom. The van der Waals surface area contributed by atoms with Crippen LogP contribution in [0.15, 0.2) is 12.1 Å². The van der Waals surface area contributed by atoms with Gasteiger partial charge in [-0.2, -0.15) is 0 Å². The number of benzene rings is 1. The highest BCUT2D eigenvalue weighted by molar-refractivity contribution is 5.33. The van der Waals surface area contributed by atoms with Crippen molar-refractivity contribution in [3.63, 3.8) is 0 Å². The molecule has 0 fully saturated rings. The second kappa shape index (κ2) is 3.07. The third-order valence-electron chi connectivity index (χ3n) is 2.49. The van der Waals surface area contributed by atoms with Crippen LogP contribution >= 0.6 is 0 Å². The fourth-order valence-electron chi connectivity index (χ4n) is 1.80. The topological polar surface area (TPSA) is 12.0 Å². The minimum atomic E-state index is -0.494. The van der Waals surface area contributed by atoms with Gasteiger partial charge in [0.05, 0.1) is 0 Å². The van der Waals surface area contributed by atoms with E-state index < -0.39 is 11.6 Å². The van der Waals surface area contributed by atoms with Gasteiger partial charge in [0.2, 0.25) is 0 Å². The lowest BCUT2D eigenvalue weighted by Crippen LogP contribution is -2.28. The molecule has 0 radical (unpaired) electrons. The van der Waals surface area contributed by atoms with Crippen molar-refractivity contribution in [2.75, 3.05) is 6.54 Å². The molecule has 70 valence electrons. The summed E-state index contributed by atoms with van der Waals surface area (Å²) in [5.74, 6) is -0.907. The lowest BCUT2D eigenvalue weighted by Gasteiger charge is -2.24. The van der Waals surface area contributed by atoms with Gasteiger partial charge in [0.15, 0.2) is 0 Å². The molecule has 1 aromatic rings. The Morgan fingerprint density at radius 2 is 2.15 bits per heavy atom. The van der Waals surface area contributed by atoms with E-state index in [1.54, 1.807) is 0 Å². The smallest absolute Gasteiger partial charge is 0.129 e. The Bertz CT molecular complexity index is 336. The molecule has 1 aromatic carbocycles. The molecule has 0 aromatic heterocycles. The van der Waals surface area contributed by atoms with Crippen LogP contribution in [-0.2, 0) is 6.42 Å². The number of rotatable bonds is 0. The largest absolute Gasteiger partial charge is 0.310 e. The maximum absolute atomic E-state index is 13.2. The van der Waals surface area contributed by atoms with E-state index in [0.29, 0.717) is 12.0 Å². The second-order valence-electron chi connectivity index (χ2n) is 3.38. The van der Waals surface area contributed by atoms with E-state index in [0.717, 1.165) is 18.2 Å². The van der Waals surface area contributed by atoms with Crippen molar-refractivity contribution >= 4 is 0 Å². The molecular weight excluding hydrogens is 172 g/mol. The van der Waals surface area contributed by atoms with E-state index in [1.165, 1.54) is 6.07 Å². The SMILES string of the molecule is C[C@H]1NCCc2c(F)cc(F)cc21. The van der Waals surface area contributed by atoms with E-state index in [1.807, 2.05) is 6.92 Å². The Morgan fingerprint density at radius 1 is 1.38 bits per heavy atom. The van der Waals surface area contributed by atoms with Gasteiger partial charge in [-0.3, -0.25) is 0 Å². The van der Waals surface area contributed by atoms with Crippen LogP contribution in [0.4, 0.5) is 8.78 Å². The molecule has 3 heteroatoms. The van der Waals surface area contributed by atoms with Gasteiger partial charge in [0.25, 0.3) is 0 Å². The van der Waals surface area contributed by atoms with Gasteiger partial charge >= 0.3 is 0 Å². The Hall–Kier alpha value is -0.960. The highest BCUT2D eigenvalue weighted by atomic mass is 19.1. The van der Waals surface area contributed by atoms with Gasteiger partial charge in [-0.15, -0.1) is 0 Å². The Kier molecular flexibility index (Phi) is 2.04. The van der Waals surface area contributed by atoms with Crippen LogP contribution in [0, 0.1) is 11.6 Å². The summed E-state index contributed by atoms with van der Waals surface area (Å²) in [5, 5.41) is 3.16. The minimum absolute atomic E-state index is 0.0500. The van der Waals surface area contributed by atoms with Crippen molar-refractivity contribution in [2.24, 2.45) is 0 Å². The molecule has 1 aliphatic heterocycles. The molecule has 1 N–H and O–H groups in total. The minimum Gasteiger partial charge on any atom is -0.310 e. The first-order valence-corrected chi connectivity index (χ1v) is 4.39. The van der Waals surface area contributed by atoms with Crippen molar-refractivity contribution < 1.29 is 8.78 Å². The monoisotopic (exact) mass is 183 g/mol. The molecule has 2 rings (SSSR count).